The lowest BCUT2D eigenvalue weighted by atomic mass is 10.3. The molecule has 1 aromatic carbocycles. The second-order valence-corrected chi connectivity index (χ2v) is 5.25. The second kappa shape index (κ2) is 5.98. The summed E-state index contributed by atoms with van der Waals surface area (Å²) in [7, 11) is 0. The summed E-state index contributed by atoms with van der Waals surface area (Å²) < 4.78 is 1.54. The molecule has 0 saturated heterocycles. The van der Waals surface area contributed by atoms with E-state index in [4.69, 9.17) is 23.1 Å². The van der Waals surface area contributed by atoms with Crippen LogP contribution in [0, 0.1) is 0 Å². The molecule has 4 N–H and O–H groups in total. The quantitative estimate of drug-likeness (QED) is 0.648. The molecule has 0 saturated carbocycles. The van der Waals surface area contributed by atoms with Crippen LogP contribution in [0.25, 0.3) is 5.69 Å². The molecular weight excluding hydrogens is 300 g/mol. The van der Waals surface area contributed by atoms with Crippen LogP contribution < -0.4 is 17.0 Å². The van der Waals surface area contributed by atoms with E-state index in [-0.39, 0.29) is 16.7 Å². The molecule has 0 unspecified atom stereocenters. The number of halogens is 1. The van der Waals surface area contributed by atoms with E-state index in [0.29, 0.717) is 10.7 Å². The SMILES string of the molecule is NC(=O)CSc1nc(=O)cc(N)n1-c1cccc(Cl)c1. The molecule has 1 amide bonds. The normalized spacial score (nSPS) is 10.4. The Bertz CT molecular complexity index is 717. The molecule has 0 aliphatic carbocycles. The lowest BCUT2D eigenvalue weighted by molar-refractivity contribution is -0.115. The minimum absolute atomic E-state index is 0.00351. The predicted molar refractivity (Wildman–Crippen MR) is 79.2 cm³/mol. The Balaban J connectivity index is 2.55. The molecule has 0 fully saturated rings. The third-order valence-electron chi connectivity index (χ3n) is 2.34. The molecule has 0 bridgehead atoms. The van der Waals surface area contributed by atoms with Gasteiger partial charge in [0.05, 0.1) is 11.4 Å². The number of thioether (sulfide) groups is 1. The Kier molecular flexibility index (Phi) is 4.31. The summed E-state index contributed by atoms with van der Waals surface area (Å²) in [6.07, 6.45) is 0. The van der Waals surface area contributed by atoms with Gasteiger partial charge in [-0.3, -0.25) is 14.2 Å². The zero-order valence-corrected chi connectivity index (χ0v) is 11.8. The first kappa shape index (κ1) is 14.4. The Morgan fingerprint density at radius 2 is 2.15 bits per heavy atom. The number of aromatic nitrogens is 2. The van der Waals surface area contributed by atoms with Crippen LogP contribution in [0.15, 0.2) is 40.3 Å². The van der Waals surface area contributed by atoms with Crippen molar-refractivity contribution in [3.63, 3.8) is 0 Å². The number of hydrogen-bond donors (Lipinski definition) is 2. The van der Waals surface area contributed by atoms with Crippen LogP contribution in [0.5, 0.6) is 0 Å². The third kappa shape index (κ3) is 3.31. The van der Waals surface area contributed by atoms with E-state index in [1.165, 1.54) is 6.07 Å². The molecule has 8 heteroatoms. The van der Waals surface area contributed by atoms with Crippen molar-refractivity contribution in [1.82, 2.24) is 9.55 Å². The molecule has 0 aliphatic heterocycles. The number of rotatable bonds is 4. The zero-order valence-electron chi connectivity index (χ0n) is 10.2. The number of nitrogens with zero attached hydrogens (tertiary/aromatic N) is 2. The van der Waals surface area contributed by atoms with Gasteiger partial charge in [-0.25, -0.2) is 0 Å². The molecule has 0 atom stereocenters. The van der Waals surface area contributed by atoms with Crippen LogP contribution in [0.2, 0.25) is 5.02 Å². The number of amides is 1. The van der Waals surface area contributed by atoms with Gasteiger partial charge in [0.15, 0.2) is 5.16 Å². The first-order chi connectivity index (χ1) is 9.47. The van der Waals surface area contributed by atoms with E-state index in [1.807, 2.05) is 0 Å². The summed E-state index contributed by atoms with van der Waals surface area (Å²) in [4.78, 5) is 26.2. The maximum atomic E-state index is 11.4. The van der Waals surface area contributed by atoms with Crippen molar-refractivity contribution in [2.75, 3.05) is 11.5 Å². The van der Waals surface area contributed by atoms with E-state index in [1.54, 1.807) is 28.8 Å². The number of nitrogens with two attached hydrogens (primary N) is 2. The van der Waals surface area contributed by atoms with Gasteiger partial charge < -0.3 is 11.5 Å². The number of nitrogen functional groups attached to an aromatic ring is 1. The van der Waals surface area contributed by atoms with Crippen LogP contribution in [0.3, 0.4) is 0 Å². The fraction of sp³-hybridized carbons (Fsp3) is 0.0833. The molecule has 2 aromatic rings. The van der Waals surface area contributed by atoms with Gasteiger partial charge in [-0.05, 0) is 18.2 Å². The lowest BCUT2D eigenvalue weighted by Gasteiger charge is -2.14. The number of benzene rings is 1. The number of anilines is 1. The van der Waals surface area contributed by atoms with Gasteiger partial charge in [-0.1, -0.05) is 29.4 Å². The number of carbonyl (C=O) groups is 1. The van der Waals surface area contributed by atoms with Crippen molar-refractivity contribution in [3.05, 3.63) is 45.7 Å². The molecule has 1 aromatic heterocycles. The first-order valence-electron chi connectivity index (χ1n) is 5.54. The zero-order chi connectivity index (χ0) is 14.7. The number of carbonyl (C=O) groups excluding carboxylic acids is 1. The van der Waals surface area contributed by atoms with Crippen LogP contribution >= 0.6 is 23.4 Å². The van der Waals surface area contributed by atoms with Crippen LogP contribution in [-0.2, 0) is 4.79 Å². The number of primary amides is 1. The average molecular weight is 311 g/mol. The Hall–Kier alpha value is -1.99. The molecule has 0 radical (unpaired) electrons. The monoisotopic (exact) mass is 310 g/mol. The summed E-state index contributed by atoms with van der Waals surface area (Å²) in [6, 6.07) is 8.11. The van der Waals surface area contributed by atoms with Crippen LogP contribution in [-0.4, -0.2) is 21.2 Å². The highest BCUT2D eigenvalue weighted by molar-refractivity contribution is 7.99. The summed E-state index contributed by atoms with van der Waals surface area (Å²) in [6.45, 7) is 0. The van der Waals surface area contributed by atoms with Crippen LogP contribution in [0.4, 0.5) is 5.82 Å². The van der Waals surface area contributed by atoms with Gasteiger partial charge in [0.1, 0.15) is 5.82 Å². The van der Waals surface area contributed by atoms with Crippen LogP contribution in [0.1, 0.15) is 0 Å². The highest BCUT2D eigenvalue weighted by Crippen LogP contribution is 2.23. The van der Waals surface area contributed by atoms with Crippen molar-refractivity contribution in [1.29, 1.82) is 0 Å². The molecule has 104 valence electrons. The van der Waals surface area contributed by atoms with Gasteiger partial charge in [0.25, 0.3) is 5.56 Å². The largest absolute Gasteiger partial charge is 0.385 e. The molecule has 2 rings (SSSR count). The van der Waals surface area contributed by atoms with E-state index >= 15 is 0 Å². The van der Waals surface area contributed by atoms with Gasteiger partial charge in [0, 0.05) is 11.1 Å². The van der Waals surface area contributed by atoms with Crippen molar-refractivity contribution < 1.29 is 4.79 Å². The minimum Gasteiger partial charge on any atom is -0.385 e. The highest BCUT2D eigenvalue weighted by atomic mass is 35.5. The number of hydrogen-bond acceptors (Lipinski definition) is 5. The Morgan fingerprint density at radius 1 is 1.40 bits per heavy atom. The van der Waals surface area contributed by atoms with E-state index in [0.717, 1.165) is 11.8 Å². The molecule has 6 nitrogen and oxygen atoms in total. The van der Waals surface area contributed by atoms with E-state index in [2.05, 4.69) is 4.98 Å². The summed E-state index contributed by atoms with van der Waals surface area (Å²) in [5.41, 5.74) is 11.1. The smallest absolute Gasteiger partial charge is 0.275 e. The van der Waals surface area contributed by atoms with Crippen molar-refractivity contribution >= 4 is 35.1 Å². The molecule has 0 spiro atoms. The standard InChI is InChI=1S/C12H11ClN4O2S/c13-7-2-1-3-8(4-7)17-9(14)5-11(19)16-12(17)20-6-10(15)18/h1-5H,6,14H2,(H2,15,18). The summed E-state index contributed by atoms with van der Waals surface area (Å²) >= 11 is 6.98. The molecule has 0 aliphatic rings. The second-order valence-electron chi connectivity index (χ2n) is 3.87. The third-order valence-corrected chi connectivity index (χ3v) is 3.53. The van der Waals surface area contributed by atoms with Crippen molar-refractivity contribution in [2.24, 2.45) is 5.73 Å². The Morgan fingerprint density at radius 3 is 2.80 bits per heavy atom. The topological polar surface area (TPSA) is 104 Å². The summed E-state index contributed by atoms with van der Waals surface area (Å²) in [5, 5.41) is 0.808. The van der Waals surface area contributed by atoms with Crippen molar-refractivity contribution in [3.8, 4) is 5.69 Å². The predicted octanol–water partition coefficient (Wildman–Crippen LogP) is 1.05. The Labute approximate surface area is 123 Å². The first-order valence-corrected chi connectivity index (χ1v) is 6.90. The maximum Gasteiger partial charge on any atom is 0.275 e. The highest BCUT2D eigenvalue weighted by Gasteiger charge is 2.11. The molecule has 20 heavy (non-hydrogen) atoms. The van der Waals surface area contributed by atoms with Gasteiger partial charge in [-0.15, -0.1) is 0 Å². The summed E-state index contributed by atoms with van der Waals surface area (Å²) in [5.74, 6) is -0.306. The van der Waals surface area contributed by atoms with Gasteiger partial charge in [0.2, 0.25) is 5.91 Å². The van der Waals surface area contributed by atoms with Gasteiger partial charge >= 0.3 is 0 Å². The minimum atomic E-state index is -0.510. The van der Waals surface area contributed by atoms with E-state index < -0.39 is 11.5 Å². The fourth-order valence-corrected chi connectivity index (χ4v) is 2.54. The van der Waals surface area contributed by atoms with Crippen molar-refractivity contribution in [2.45, 2.75) is 5.16 Å². The average Bonchev–Trinajstić information content (AvgIpc) is 2.35. The lowest BCUT2D eigenvalue weighted by Crippen LogP contribution is -2.19. The molecular formula is C12H11ClN4O2S. The molecule has 1 heterocycles. The van der Waals surface area contributed by atoms with Gasteiger partial charge in [-0.2, -0.15) is 4.98 Å². The fourth-order valence-electron chi connectivity index (χ4n) is 1.59. The maximum absolute atomic E-state index is 11.4. The van der Waals surface area contributed by atoms with E-state index in [9.17, 15) is 9.59 Å².